The SMILES string of the molecule is Cc1cc(C(=O)O)cc(Nc2ccc(Cl)c(F)c2)n1. The van der Waals surface area contributed by atoms with E-state index in [1.165, 1.54) is 24.3 Å². The Morgan fingerprint density at radius 3 is 2.74 bits per heavy atom. The lowest BCUT2D eigenvalue weighted by atomic mass is 10.2. The van der Waals surface area contributed by atoms with Crippen molar-refractivity contribution in [3.8, 4) is 0 Å². The van der Waals surface area contributed by atoms with Gasteiger partial charge >= 0.3 is 5.97 Å². The number of benzene rings is 1. The van der Waals surface area contributed by atoms with Crippen molar-refractivity contribution in [2.75, 3.05) is 5.32 Å². The van der Waals surface area contributed by atoms with E-state index in [0.29, 0.717) is 17.2 Å². The number of aromatic nitrogens is 1. The Bertz CT molecular complexity index is 647. The van der Waals surface area contributed by atoms with Gasteiger partial charge in [-0.25, -0.2) is 14.2 Å². The maximum atomic E-state index is 13.3. The number of nitrogens with one attached hydrogen (secondary N) is 1. The quantitative estimate of drug-likeness (QED) is 0.901. The molecule has 0 bridgehead atoms. The van der Waals surface area contributed by atoms with Crippen LogP contribution in [0.1, 0.15) is 16.1 Å². The Balaban J connectivity index is 2.32. The van der Waals surface area contributed by atoms with Gasteiger partial charge in [-0.3, -0.25) is 0 Å². The van der Waals surface area contributed by atoms with Crippen LogP contribution in [0, 0.1) is 12.7 Å². The minimum absolute atomic E-state index is 0.0222. The maximum Gasteiger partial charge on any atom is 0.335 e. The minimum Gasteiger partial charge on any atom is -0.478 e. The summed E-state index contributed by atoms with van der Waals surface area (Å²) in [6.07, 6.45) is 0. The fourth-order valence-corrected chi connectivity index (χ4v) is 1.70. The first kappa shape index (κ1) is 13.3. The van der Waals surface area contributed by atoms with Gasteiger partial charge in [-0.15, -0.1) is 0 Å². The molecular formula is C13H10ClFN2O2. The van der Waals surface area contributed by atoms with Gasteiger partial charge in [0.2, 0.25) is 0 Å². The number of aromatic carboxylic acids is 1. The summed E-state index contributed by atoms with van der Waals surface area (Å²) in [5.41, 5.74) is 1.11. The third kappa shape index (κ3) is 3.20. The standard InChI is InChI=1S/C13H10ClFN2O2/c1-7-4-8(13(18)19)5-12(16-7)17-9-2-3-10(14)11(15)6-9/h2-6H,1H3,(H,16,17)(H,18,19). The highest BCUT2D eigenvalue weighted by Gasteiger charge is 2.07. The second-order valence-corrected chi connectivity index (χ2v) is 4.35. The summed E-state index contributed by atoms with van der Waals surface area (Å²) in [4.78, 5) is 15.1. The molecule has 0 amide bonds. The number of nitrogens with zero attached hydrogens (tertiary/aromatic N) is 1. The van der Waals surface area contributed by atoms with Gasteiger partial charge in [0, 0.05) is 11.4 Å². The van der Waals surface area contributed by atoms with Crippen molar-refractivity contribution in [3.05, 3.63) is 52.4 Å². The van der Waals surface area contributed by atoms with E-state index in [0.717, 1.165) is 0 Å². The predicted molar refractivity (Wildman–Crippen MR) is 70.6 cm³/mol. The number of carbonyl (C=O) groups is 1. The van der Waals surface area contributed by atoms with Crippen molar-refractivity contribution in [2.45, 2.75) is 6.92 Å². The third-order valence-corrected chi connectivity index (χ3v) is 2.70. The molecule has 0 saturated heterocycles. The van der Waals surface area contributed by atoms with Gasteiger partial charge in [-0.05, 0) is 37.3 Å². The van der Waals surface area contributed by atoms with Crippen LogP contribution in [0.3, 0.4) is 0 Å². The second-order valence-electron chi connectivity index (χ2n) is 3.94. The first-order valence-corrected chi connectivity index (χ1v) is 5.77. The molecule has 1 aromatic heterocycles. The zero-order chi connectivity index (χ0) is 14.0. The van der Waals surface area contributed by atoms with Gasteiger partial charge in [0.05, 0.1) is 10.6 Å². The largest absolute Gasteiger partial charge is 0.478 e. The lowest BCUT2D eigenvalue weighted by Crippen LogP contribution is -2.02. The molecule has 2 N–H and O–H groups in total. The van der Waals surface area contributed by atoms with Crippen LogP contribution in [0.15, 0.2) is 30.3 Å². The molecule has 0 fully saturated rings. The molecule has 98 valence electrons. The Labute approximate surface area is 113 Å². The molecule has 19 heavy (non-hydrogen) atoms. The molecule has 0 aliphatic carbocycles. The van der Waals surface area contributed by atoms with Gasteiger partial charge in [-0.1, -0.05) is 11.6 Å². The van der Waals surface area contributed by atoms with E-state index in [1.54, 1.807) is 13.0 Å². The molecule has 2 rings (SSSR count). The van der Waals surface area contributed by atoms with Crippen LogP contribution < -0.4 is 5.32 Å². The lowest BCUT2D eigenvalue weighted by Gasteiger charge is -2.08. The Morgan fingerprint density at radius 1 is 1.37 bits per heavy atom. The molecule has 1 aromatic carbocycles. The average molecular weight is 281 g/mol. The molecule has 0 radical (unpaired) electrons. The van der Waals surface area contributed by atoms with E-state index in [-0.39, 0.29) is 10.6 Å². The van der Waals surface area contributed by atoms with E-state index in [9.17, 15) is 9.18 Å². The predicted octanol–water partition coefficient (Wildman–Crippen LogP) is 3.62. The van der Waals surface area contributed by atoms with E-state index < -0.39 is 11.8 Å². The normalized spacial score (nSPS) is 10.3. The van der Waals surface area contributed by atoms with Crippen LogP contribution in [-0.4, -0.2) is 16.1 Å². The molecule has 0 spiro atoms. The van der Waals surface area contributed by atoms with Crippen LogP contribution in [0.5, 0.6) is 0 Å². The van der Waals surface area contributed by atoms with E-state index >= 15 is 0 Å². The summed E-state index contributed by atoms with van der Waals surface area (Å²) < 4.78 is 13.3. The number of carboxylic acid groups (broad SMARTS) is 1. The summed E-state index contributed by atoms with van der Waals surface area (Å²) in [7, 11) is 0. The van der Waals surface area contributed by atoms with Crippen molar-refractivity contribution in [3.63, 3.8) is 0 Å². The molecule has 0 unspecified atom stereocenters. The van der Waals surface area contributed by atoms with Crippen LogP contribution in [0.4, 0.5) is 15.9 Å². The summed E-state index contributed by atoms with van der Waals surface area (Å²) in [5, 5.41) is 11.8. The highest BCUT2D eigenvalue weighted by Crippen LogP contribution is 2.22. The third-order valence-electron chi connectivity index (χ3n) is 2.39. The van der Waals surface area contributed by atoms with Gasteiger partial charge < -0.3 is 10.4 Å². The summed E-state index contributed by atoms with van der Waals surface area (Å²) in [6, 6.07) is 7.04. The fourth-order valence-electron chi connectivity index (χ4n) is 1.58. The second kappa shape index (κ2) is 5.24. The van der Waals surface area contributed by atoms with E-state index in [2.05, 4.69) is 10.3 Å². The summed E-state index contributed by atoms with van der Waals surface area (Å²) in [6.45, 7) is 1.68. The molecule has 6 heteroatoms. The van der Waals surface area contributed by atoms with Gasteiger partial charge in [0.25, 0.3) is 0 Å². The van der Waals surface area contributed by atoms with Crippen LogP contribution >= 0.6 is 11.6 Å². The minimum atomic E-state index is -1.05. The zero-order valence-electron chi connectivity index (χ0n) is 9.95. The zero-order valence-corrected chi connectivity index (χ0v) is 10.7. The van der Waals surface area contributed by atoms with Crippen LogP contribution in [0.25, 0.3) is 0 Å². The lowest BCUT2D eigenvalue weighted by molar-refractivity contribution is 0.0696. The highest BCUT2D eigenvalue weighted by molar-refractivity contribution is 6.30. The topological polar surface area (TPSA) is 62.2 Å². The number of carboxylic acids is 1. The van der Waals surface area contributed by atoms with Crippen molar-refractivity contribution in [2.24, 2.45) is 0 Å². The number of halogens is 2. The van der Waals surface area contributed by atoms with Crippen molar-refractivity contribution in [1.82, 2.24) is 4.98 Å². The van der Waals surface area contributed by atoms with E-state index in [4.69, 9.17) is 16.7 Å². The monoisotopic (exact) mass is 280 g/mol. The molecule has 0 aliphatic rings. The summed E-state index contributed by atoms with van der Waals surface area (Å²) >= 11 is 5.58. The smallest absolute Gasteiger partial charge is 0.335 e. The molecular weight excluding hydrogens is 271 g/mol. The highest BCUT2D eigenvalue weighted by atomic mass is 35.5. The number of anilines is 2. The number of aryl methyl sites for hydroxylation is 1. The molecule has 2 aromatic rings. The van der Waals surface area contributed by atoms with Crippen LogP contribution in [-0.2, 0) is 0 Å². The molecule has 4 nitrogen and oxygen atoms in total. The summed E-state index contributed by atoms with van der Waals surface area (Å²) in [5.74, 6) is -1.27. The Hall–Kier alpha value is -2.14. The number of rotatable bonds is 3. The first-order chi connectivity index (χ1) is 8.95. The van der Waals surface area contributed by atoms with Gasteiger partial charge in [0.15, 0.2) is 0 Å². The Kier molecular flexibility index (Phi) is 3.66. The van der Waals surface area contributed by atoms with Crippen molar-refractivity contribution in [1.29, 1.82) is 0 Å². The molecule has 1 heterocycles. The number of hydrogen-bond acceptors (Lipinski definition) is 3. The molecule has 0 saturated carbocycles. The van der Waals surface area contributed by atoms with Crippen molar-refractivity contribution < 1.29 is 14.3 Å². The van der Waals surface area contributed by atoms with Gasteiger partial charge in [0.1, 0.15) is 11.6 Å². The van der Waals surface area contributed by atoms with Gasteiger partial charge in [-0.2, -0.15) is 0 Å². The first-order valence-electron chi connectivity index (χ1n) is 5.40. The fraction of sp³-hybridized carbons (Fsp3) is 0.0769. The van der Waals surface area contributed by atoms with Crippen molar-refractivity contribution >= 4 is 29.1 Å². The number of pyridine rings is 1. The maximum absolute atomic E-state index is 13.3. The molecule has 0 atom stereocenters. The van der Waals surface area contributed by atoms with E-state index in [1.807, 2.05) is 0 Å². The molecule has 0 aliphatic heterocycles. The van der Waals surface area contributed by atoms with Crippen LogP contribution in [0.2, 0.25) is 5.02 Å². The average Bonchev–Trinajstić information content (AvgIpc) is 2.33. The number of hydrogen-bond donors (Lipinski definition) is 2. The Morgan fingerprint density at radius 2 is 2.11 bits per heavy atom.